The Hall–Kier alpha value is -3.88. The lowest BCUT2D eigenvalue weighted by Gasteiger charge is -2.19. The topological polar surface area (TPSA) is 99.2 Å². The number of carbonyl (C=O) groups excluding carboxylic acids is 4. The number of hydrogen-bond acceptors (Lipinski definition) is 7. The fourth-order valence-electron chi connectivity index (χ4n) is 3.92. The average molecular weight is 556 g/mol. The zero-order chi connectivity index (χ0) is 27.2. The van der Waals surface area contributed by atoms with Crippen molar-refractivity contribution in [2.45, 2.75) is 13.3 Å². The Morgan fingerprint density at radius 2 is 1.74 bits per heavy atom. The molecule has 0 bridgehead atoms. The Bertz CT molecular complexity index is 1370. The van der Waals surface area contributed by atoms with E-state index in [-0.39, 0.29) is 40.8 Å². The van der Waals surface area contributed by atoms with E-state index in [9.17, 15) is 19.2 Å². The quantitative estimate of drug-likeness (QED) is 0.198. The van der Waals surface area contributed by atoms with Crippen LogP contribution >= 0.6 is 23.2 Å². The van der Waals surface area contributed by atoms with Crippen LogP contribution in [-0.2, 0) is 14.3 Å². The Morgan fingerprint density at radius 1 is 1.00 bits per heavy atom. The summed E-state index contributed by atoms with van der Waals surface area (Å²) in [4.78, 5) is 51.6. The number of ketones is 1. The van der Waals surface area contributed by atoms with Gasteiger partial charge in [-0.3, -0.25) is 14.4 Å². The van der Waals surface area contributed by atoms with Crippen LogP contribution in [0.4, 0.5) is 5.69 Å². The van der Waals surface area contributed by atoms with Crippen molar-refractivity contribution in [3.05, 3.63) is 87.9 Å². The minimum Gasteiger partial charge on any atom is -0.492 e. The third kappa shape index (κ3) is 6.33. The summed E-state index contributed by atoms with van der Waals surface area (Å²) in [6, 6.07) is 17.3. The van der Waals surface area contributed by atoms with E-state index >= 15 is 0 Å². The van der Waals surface area contributed by atoms with Crippen LogP contribution < -0.4 is 14.4 Å². The molecule has 8 nitrogen and oxygen atoms in total. The van der Waals surface area contributed by atoms with Crippen LogP contribution in [-0.4, -0.2) is 43.4 Å². The van der Waals surface area contributed by atoms with Crippen LogP contribution in [0.5, 0.6) is 11.5 Å². The van der Waals surface area contributed by atoms with Crippen molar-refractivity contribution in [2.24, 2.45) is 5.92 Å². The van der Waals surface area contributed by atoms with E-state index in [2.05, 4.69) is 0 Å². The number of hydrogen-bond donors (Lipinski definition) is 0. The van der Waals surface area contributed by atoms with Crippen molar-refractivity contribution >= 4 is 52.5 Å². The van der Waals surface area contributed by atoms with E-state index in [0.29, 0.717) is 23.1 Å². The lowest BCUT2D eigenvalue weighted by atomic mass is 10.1. The summed E-state index contributed by atoms with van der Waals surface area (Å²) in [5, 5.41) is 0.542. The summed E-state index contributed by atoms with van der Waals surface area (Å²) in [5.41, 5.74) is 0.996. The molecule has 1 heterocycles. The van der Waals surface area contributed by atoms with E-state index in [4.69, 9.17) is 37.4 Å². The molecule has 10 heteroatoms. The van der Waals surface area contributed by atoms with Gasteiger partial charge in [-0.15, -0.1) is 0 Å². The summed E-state index contributed by atoms with van der Waals surface area (Å²) in [7, 11) is 0. The molecule has 3 aromatic carbocycles. The van der Waals surface area contributed by atoms with Gasteiger partial charge < -0.3 is 19.1 Å². The maximum absolute atomic E-state index is 12.6. The smallest absolute Gasteiger partial charge is 0.345 e. The number of Topliss-reactive ketones (excluding diaryl/α,β-unsaturated/α-hetero) is 1. The number of nitrogens with zero attached hydrogens (tertiary/aromatic N) is 1. The average Bonchev–Trinajstić information content (AvgIpc) is 3.29. The van der Waals surface area contributed by atoms with E-state index in [0.717, 1.165) is 0 Å². The van der Waals surface area contributed by atoms with Crippen LogP contribution in [0.15, 0.2) is 66.7 Å². The zero-order valence-corrected chi connectivity index (χ0v) is 21.8. The molecule has 4 rings (SSSR count). The van der Waals surface area contributed by atoms with Crippen molar-refractivity contribution in [2.75, 3.05) is 24.7 Å². The maximum atomic E-state index is 12.6. The highest BCUT2D eigenvalue weighted by atomic mass is 35.5. The summed E-state index contributed by atoms with van der Waals surface area (Å²) in [5.74, 6) is -1.93. The minimum absolute atomic E-state index is 0.0226. The third-order valence-corrected chi connectivity index (χ3v) is 6.35. The molecular formula is C28H23Cl2NO7. The zero-order valence-electron chi connectivity index (χ0n) is 20.3. The SMILES string of the molecule is CCOc1ccccc1N1C[C@@H](C(=O)OCC(=O)c2ccc(OC(=O)c3ccc(Cl)cc3Cl)cc2)CC1=O. The highest BCUT2D eigenvalue weighted by molar-refractivity contribution is 6.36. The van der Waals surface area contributed by atoms with Gasteiger partial charge >= 0.3 is 11.9 Å². The highest BCUT2D eigenvalue weighted by Gasteiger charge is 2.37. The number of amides is 1. The van der Waals surface area contributed by atoms with Gasteiger partial charge in [0.15, 0.2) is 12.4 Å². The number of anilines is 1. The normalized spacial score (nSPS) is 14.8. The fourth-order valence-corrected chi connectivity index (χ4v) is 4.41. The predicted molar refractivity (Wildman–Crippen MR) is 141 cm³/mol. The number of rotatable bonds is 9. The molecule has 0 N–H and O–H groups in total. The van der Waals surface area contributed by atoms with E-state index in [1.165, 1.54) is 47.4 Å². The molecular weight excluding hydrogens is 533 g/mol. The largest absolute Gasteiger partial charge is 0.492 e. The molecule has 1 amide bonds. The number of carbonyl (C=O) groups is 4. The van der Waals surface area contributed by atoms with Crippen molar-refractivity contribution in [1.29, 1.82) is 0 Å². The molecule has 0 aromatic heterocycles. The molecule has 0 spiro atoms. The molecule has 1 saturated heterocycles. The van der Waals surface area contributed by atoms with Gasteiger partial charge in [0.25, 0.3) is 0 Å². The summed E-state index contributed by atoms with van der Waals surface area (Å²) in [6.07, 6.45) is -0.0226. The van der Waals surface area contributed by atoms with Crippen molar-refractivity contribution in [3.8, 4) is 11.5 Å². The second-order valence-electron chi connectivity index (χ2n) is 8.38. The van der Waals surface area contributed by atoms with Gasteiger partial charge in [0.1, 0.15) is 11.5 Å². The minimum atomic E-state index is -0.702. The first-order valence-electron chi connectivity index (χ1n) is 11.8. The van der Waals surface area contributed by atoms with Crippen molar-refractivity contribution in [1.82, 2.24) is 0 Å². The Morgan fingerprint density at radius 3 is 2.45 bits per heavy atom. The molecule has 0 unspecified atom stereocenters. The van der Waals surface area contributed by atoms with Gasteiger partial charge in [0.2, 0.25) is 5.91 Å². The Labute approximate surface area is 229 Å². The van der Waals surface area contributed by atoms with Crippen LogP contribution in [0.1, 0.15) is 34.1 Å². The maximum Gasteiger partial charge on any atom is 0.345 e. The van der Waals surface area contributed by atoms with Crippen LogP contribution in [0.25, 0.3) is 0 Å². The van der Waals surface area contributed by atoms with Gasteiger partial charge in [0.05, 0.1) is 28.8 Å². The number of para-hydroxylation sites is 2. The molecule has 1 fully saturated rings. The number of benzene rings is 3. The Balaban J connectivity index is 1.31. The first-order chi connectivity index (χ1) is 18.3. The molecule has 3 aromatic rings. The summed E-state index contributed by atoms with van der Waals surface area (Å²) < 4.78 is 16.1. The lowest BCUT2D eigenvalue weighted by molar-refractivity contribution is -0.147. The standard InChI is InChI=1S/C28H23Cl2NO7/c1-2-36-25-6-4-3-5-23(25)31-15-18(13-26(31)33)27(34)37-16-24(32)17-7-10-20(11-8-17)38-28(35)21-12-9-19(29)14-22(21)30/h3-12,14,18H,2,13,15-16H2,1H3/t18-/m0/s1. The number of halogens is 2. The second kappa shape index (κ2) is 12.1. The van der Waals surface area contributed by atoms with Gasteiger partial charge in [0, 0.05) is 23.6 Å². The first-order valence-corrected chi connectivity index (χ1v) is 12.5. The molecule has 0 aliphatic carbocycles. The van der Waals surface area contributed by atoms with E-state index in [1.807, 2.05) is 6.92 Å². The van der Waals surface area contributed by atoms with Crippen LogP contribution in [0, 0.1) is 5.92 Å². The molecule has 1 aliphatic heterocycles. The van der Waals surface area contributed by atoms with Crippen LogP contribution in [0.3, 0.4) is 0 Å². The monoisotopic (exact) mass is 555 g/mol. The molecule has 196 valence electrons. The third-order valence-electron chi connectivity index (χ3n) is 5.80. The molecule has 1 aliphatic rings. The van der Waals surface area contributed by atoms with Gasteiger partial charge in [-0.2, -0.15) is 0 Å². The number of ether oxygens (including phenoxy) is 3. The Kier molecular flexibility index (Phi) is 8.66. The highest BCUT2D eigenvalue weighted by Crippen LogP contribution is 2.33. The molecule has 0 radical (unpaired) electrons. The van der Waals surface area contributed by atoms with Crippen molar-refractivity contribution < 1.29 is 33.4 Å². The summed E-state index contributed by atoms with van der Waals surface area (Å²) in [6.45, 7) is 1.93. The molecule has 1 atom stereocenters. The molecule has 38 heavy (non-hydrogen) atoms. The van der Waals surface area contributed by atoms with E-state index in [1.54, 1.807) is 24.3 Å². The van der Waals surface area contributed by atoms with Crippen molar-refractivity contribution in [3.63, 3.8) is 0 Å². The lowest BCUT2D eigenvalue weighted by Crippen LogP contribution is -2.27. The van der Waals surface area contributed by atoms with Gasteiger partial charge in [-0.05, 0) is 61.5 Å². The fraction of sp³-hybridized carbons (Fsp3) is 0.214. The summed E-state index contributed by atoms with van der Waals surface area (Å²) >= 11 is 11.9. The van der Waals surface area contributed by atoms with E-state index < -0.39 is 30.2 Å². The van der Waals surface area contributed by atoms with Gasteiger partial charge in [-0.1, -0.05) is 35.3 Å². The predicted octanol–water partition coefficient (Wildman–Crippen LogP) is 5.39. The molecule has 0 saturated carbocycles. The second-order valence-corrected chi connectivity index (χ2v) is 9.22. The number of esters is 2. The van der Waals surface area contributed by atoms with Crippen LogP contribution in [0.2, 0.25) is 10.0 Å². The van der Waals surface area contributed by atoms with Gasteiger partial charge in [-0.25, -0.2) is 4.79 Å². The first kappa shape index (κ1) is 27.2.